The molecule has 2 amide bonds. The van der Waals surface area contributed by atoms with Crippen LogP contribution in [-0.4, -0.2) is 37.0 Å². The van der Waals surface area contributed by atoms with E-state index < -0.39 is 24.5 Å². The summed E-state index contributed by atoms with van der Waals surface area (Å²) in [5.74, 6) is -1.85. The molecular formula is C25H30N2O6. The Morgan fingerprint density at radius 2 is 1.58 bits per heavy atom. The Hall–Kier alpha value is -3.68. The SMILES string of the molecule is CCCCOC(=O)c1ccc(NC(=O)CCC(=O)OCC(=O)N[C@H](C)c2ccccc2)cc1. The smallest absolute Gasteiger partial charge is 0.338 e. The van der Waals surface area contributed by atoms with Gasteiger partial charge in [0.15, 0.2) is 6.61 Å². The highest BCUT2D eigenvalue weighted by Crippen LogP contribution is 2.12. The zero-order chi connectivity index (χ0) is 24.1. The summed E-state index contributed by atoms with van der Waals surface area (Å²) in [6, 6.07) is 15.5. The molecule has 176 valence electrons. The quantitative estimate of drug-likeness (QED) is 0.373. The van der Waals surface area contributed by atoms with Crippen molar-refractivity contribution in [1.82, 2.24) is 5.32 Å². The lowest BCUT2D eigenvalue weighted by molar-refractivity contribution is -0.149. The van der Waals surface area contributed by atoms with Crippen molar-refractivity contribution >= 4 is 29.4 Å². The van der Waals surface area contributed by atoms with Gasteiger partial charge in [0, 0.05) is 12.1 Å². The van der Waals surface area contributed by atoms with E-state index in [4.69, 9.17) is 9.47 Å². The molecule has 1 atom stereocenters. The Morgan fingerprint density at radius 1 is 0.879 bits per heavy atom. The zero-order valence-electron chi connectivity index (χ0n) is 19.0. The molecule has 0 heterocycles. The monoisotopic (exact) mass is 454 g/mol. The number of hydrogen-bond acceptors (Lipinski definition) is 6. The number of carbonyl (C=O) groups excluding carboxylic acids is 4. The summed E-state index contributed by atoms with van der Waals surface area (Å²) in [6.07, 6.45) is 1.49. The van der Waals surface area contributed by atoms with Gasteiger partial charge in [-0.2, -0.15) is 0 Å². The molecule has 2 aromatic rings. The van der Waals surface area contributed by atoms with Crippen LogP contribution < -0.4 is 10.6 Å². The Bertz CT molecular complexity index is 928. The first-order chi connectivity index (χ1) is 15.9. The maximum absolute atomic E-state index is 12.1. The maximum atomic E-state index is 12.1. The van der Waals surface area contributed by atoms with Gasteiger partial charge in [0.1, 0.15) is 0 Å². The molecule has 0 saturated heterocycles. The topological polar surface area (TPSA) is 111 Å². The van der Waals surface area contributed by atoms with E-state index in [0.717, 1.165) is 18.4 Å². The number of esters is 2. The first-order valence-electron chi connectivity index (χ1n) is 11.0. The van der Waals surface area contributed by atoms with Crippen LogP contribution in [0.2, 0.25) is 0 Å². The van der Waals surface area contributed by atoms with Crippen LogP contribution in [0.4, 0.5) is 5.69 Å². The predicted molar refractivity (Wildman–Crippen MR) is 123 cm³/mol. The fraction of sp³-hybridized carbons (Fsp3) is 0.360. The molecule has 0 aliphatic carbocycles. The molecule has 8 heteroatoms. The molecular weight excluding hydrogens is 424 g/mol. The van der Waals surface area contributed by atoms with E-state index in [1.54, 1.807) is 24.3 Å². The van der Waals surface area contributed by atoms with Crippen LogP contribution in [0.5, 0.6) is 0 Å². The van der Waals surface area contributed by atoms with E-state index in [-0.39, 0.29) is 24.8 Å². The van der Waals surface area contributed by atoms with E-state index in [2.05, 4.69) is 10.6 Å². The van der Waals surface area contributed by atoms with Gasteiger partial charge in [0.2, 0.25) is 5.91 Å². The van der Waals surface area contributed by atoms with Gasteiger partial charge < -0.3 is 20.1 Å². The van der Waals surface area contributed by atoms with Crippen LogP contribution in [0, 0.1) is 0 Å². The lowest BCUT2D eigenvalue weighted by atomic mass is 10.1. The van der Waals surface area contributed by atoms with Gasteiger partial charge in [-0.05, 0) is 43.2 Å². The van der Waals surface area contributed by atoms with Crippen molar-refractivity contribution in [2.45, 2.75) is 45.6 Å². The van der Waals surface area contributed by atoms with Crippen molar-refractivity contribution in [3.8, 4) is 0 Å². The minimum Gasteiger partial charge on any atom is -0.462 e. The Balaban J connectivity index is 1.66. The highest BCUT2D eigenvalue weighted by atomic mass is 16.5. The van der Waals surface area contributed by atoms with Crippen LogP contribution in [0.1, 0.15) is 61.5 Å². The molecule has 0 fully saturated rings. The summed E-state index contributed by atoms with van der Waals surface area (Å²) >= 11 is 0. The molecule has 0 unspecified atom stereocenters. The highest BCUT2D eigenvalue weighted by Gasteiger charge is 2.13. The molecule has 0 radical (unpaired) electrons. The zero-order valence-corrected chi connectivity index (χ0v) is 19.0. The van der Waals surface area contributed by atoms with Gasteiger partial charge >= 0.3 is 11.9 Å². The summed E-state index contributed by atoms with van der Waals surface area (Å²) in [4.78, 5) is 47.8. The summed E-state index contributed by atoms with van der Waals surface area (Å²) in [6.45, 7) is 3.81. The van der Waals surface area contributed by atoms with Gasteiger partial charge in [0.05, 0.1) is 24.6 Å². The summed E-state index contributed by atoms with van der Waals surface area (Å²) < 4.78 is 10.1. The third-order valence-corrected chi connectivity index (χ3v) is 4.73. The first-order valence-corrected chi connectivity index (χ1v) is 11.0. The van der Waals surface area contributed by atoms with Gasteiger partial charge in [-0.15, -0.1) is 0 Å². The molecule has 33 heavy (non-hydrogen) atoms. The third-order valence-electron chi connectivity index (χ3n) is 4.73. The van der Waals surface area contributed by atoms with Crippen LogP contribution in [0.15, 0.2) is 54.6 Å². The molecule has 8 nitrogen and oxygen atoms in total. The molecule has 0 aromatic heterocycles. The van der Waals surface area contributed by atoms with Crippen molar-refractivity contribution in [1.29, 1.82) is 0 Å². The average molecular weight is 455 g/mol. The lowest BCUT2D eigenvalue weighted by Gasteiger charge is -2.14. The fourth-order valence-electron chi connectivity index (χ4n) is 2.85. The number of anilines is 1. The molecule has 0 spiro atoms. The summed E-state index contributed by atoms with van der Waals surface area (Å²) in [7, 11) is 0. The minimum atomic E-state index is -0.641. The van der Waals surface area contributed by atoms with E-state index in [9.17, 15) is 19.2 Å². The van der Waals surface area contributed by atoms with E-state index in [0.29, 0.717) is 17.9 Å². The van der Waals surface area contributed by atoms with Crippen LogP contribution >= 0.6 is 0 Å². The highest BCUT2D eigenvalue weighted by molar-refractivity contribution is 5.94. The molecule has 0 aliphatic heterocycles. The standard InChI is InChI=1S/C25H30N2O6/c1-3-4-16-32-25(31)20-10-12-21(13-11-20)27-22(28)14-15-24(30)33-17-23(29)26-18(2)19-8-6-5-7-9-19/h5-13,18H,3-4,14-17H2,1-2H3,(H,26,29)(H,27,28)/t18-/m1/s1. The molecule has 2 aromatic carbocycles. The second-order valence-electron chi connectivity index (χ2n) is 7.48. The van der Waals surface area contributed by atoms with Gasteiger partial charge in [0.25, 0.3) is 5.91 Å². The number of ether oxygens (including phenoxy) is 2. The number of hydrogen-bond donors (Lipinski definition) is 2. The lowest BCUT2D eigenvalue weighted by Crippen LogP contribution is -2.31. The van der Waals surface area contributed by atoms with Gasteiger partial charge in [-0.1, -0.05) is 43.7 Å². The Kier molecular flexibility index (Phi) is 10.6. The normalized spacial score (nSPS) is 11.2. The van der Waals surface area contributed by atoms with Gasteiger partial charge in [-0.3, -0.25) is 14.4 Å². The van der Waals surface area contributed by atoms with Gasteiger partial charge in [-0.25, -0.2) is 4.79 Å². The first kappa shape index (κ1) is 25.6. The number of amides is 2. The second-order valence-corrected chi connectivity index (χ2v) is 7.48. The van der Waals surface area contributed by atoms with Crippen molar-refractivity contribution in [2.75, 3.05) is 18.5 Å². The summed E-state index contributed by atoms with van der Waals surface area (Å²) in [5.41, 5.74) is 1.83. The second kappa shape index (κ2) is 13.7. The van der Waals surface area contributed by atoms with E-state index in [1.165, 1.54) is 0 Å². The average Bonchev–Trinajstić information content (AvgIpc) is 2.82. The molecule has 2 rings (SSSR count). The Labute approximate surface area is 193 Å². The fourth-order valence-corrected chi connectivity index (χ4v) is 2.85. The number of nitrogens with one attached hydrogen (secondary N) is 2. The van der Waals surface area contributed by atoms with Crippen LogP contribution in [-0.2, 0) is 23.9 Å². The summed E-state index contributed by atoms with van der Waals surface area (Å²) in [5, 5.41) is 5.39. The number of unbranched alkanes of at least 4 members (excludes halogenated alkanes) is 1. The predicted octanol–water partition coefficient (Wildman–Crippen LogP) is 3.78. The van der Waals surface area contributed by atoms with Crippen LogP contribution in [0.25, 0.3) is 0 Å². The number of rotatable bonds is 12. The van der Waals surface area contributed by atoms with Crippen molar-refractivity contribution in [3.05, 3.63) is 65.7 Å². The molecule has 0 bridgehead atoms. The largest absolute Gasteiger partial charge is 0.462 e. The molecule has 0 saturated carbocycles. The van der Waals surface area contributed by atoms with E-state index in [1.807, 2.05) is 44.2 Å². The van der Waals surface area contributed by atoms with Crippen molar-refractivity contribution in [3.63, 3.8) is 0 Å². The minimum absolute atomic E-state index is 0.0956. The van der Waals surface area contributed by atoms with Crippen molar-refractivity contribution in [2.24, 2.45) is 0 Å². The number of carbonyl (C=O) groups is 4. The van der Waals surface area contributed by atoms with Crippen LogP contribution in [0.3, 0.4) is 0 Å². The number of benzene rings is 2. The third kappa shape index (κ3) is 9.55. The van der Waals surface area contributed by atoms with Crippen molar-refractivity contribution < 1.29 is 28.7 Å². The Morgan fingerprint density at radius 3 is 2.24 bits per heavy atom. The molecule has 2 N–H and O–H groups in total. The molecule has 0 aliphatic rings. The maximum Gasteiger partial charge on any atom is 0.338 e. The van der Waals surface area contributed by atoms with E-state index >= 15 is 0 Å².